The van der Waals surface area contributed by atoms with Gasteiger partial charge < -0.3 is 15.6 Å². The Morgan fingerprint density at radius 3 is 2.78 bits per heavy atom. The van der Waals surface area contributed by atoms with Crippen LogP contribution in [0.15, 0.2) is 42.5 Å². The maximum atomic E-state index is 13.5. The first-order chi connectivity index (χ1) is 12.9. The molecule has 0 aliphatic rings. The van der Waals surface area contributed by atoms with E-state index in [2.05, 4.69) is 20.6 Å². The summed E-state index contributed by atoms with van der Waals surface area (Å²) in [6.45, 7) is 3.95. The molecule has 2 aromatic carbocycles. The molecule has 7 heteroatoms. The Morgan fingerprint density at radius 2 is 2.00 bits per heavy atom. The highest BCUT2D eigenvalue weighted by molar-refractivity contribution is 5.94. The zero-order valence-corrected chi connectivity index (χ0v) is 15.2. The number of rotatable bonds is 6. The van der Waals surface area contributed by atoms with Gasteiger partial charge in [0.25, 0.3) is 5.91 Å². The molecule has 3 N–H and O–H groups in total. The number of carbonyl (C=O) groups is 2. The van der Waals surface area contributed by atoms with Crippen molar-refractivity contribution in [1.82, 2.24) is 20.6 Å². The summed E-state index contributed by atoms with van der Waals surface area (Å²) in [5, 5.41) is 5.39. The van der Waals surface area contributed by atoms with E-state index >= 15 is 0 Å². The summed E-state index contributed by atoms with van der Waals surface area (Å²) < 4.78 is 13.5. The molecule has 1 unspecified atom stereocenters. The van der Waals surface area contributed by atoms with Gasteiger partial charge in [0.05, 0.1) is 22.6 Å². The lowest BCUT2D eigenvalue weighted by Gasteiger charge is -2.12. The van der Waals surface area contributed by atoms with Crippen molar-refractivity contribution in [2.24, 2.45) is 0 Å². The van der Waals surface area contributed by atoms with Crippen molar-refractivity contribution < 1.29 is 14.0 Å². The fourth-order valence-electron chi connectivity index (χ4n) is 2.76. The number of benzene rings is 2. The van der Waals surface area contributed by atoms with Crippen LogP contribution in [0.25, 0.3) is 11.0 Å². The van der Waals surface area contributed by atoms with Gasteiger partial charge in [-0.05, 0) is 43.7 Å². The van der Waals surface area contributed by atoms with Gasteiger partial charge in [-0.15, -0.1) is 0 Å². The van der Waals surface area contributed by atoms with Gasteiger partial charge in [0, 0.05) is 13.0 Å². The number of amides is 2. The topological polar surface area (TPSA) is 86.9 Å². The molecule has 3 rings (SSSR count). The van der Waals surface area contributed by atoms with Gasteiger partial charge in [0.2, 0.25) is 5.91 Å². The second-order valence-electron chi connectivity index (χ2n) is 6.42. The molecule has 140 valence electrons. The van der Waals surface area contributed by atoms with E-state index < -0.39 is 11.7 Å². The van der Waals surface area contributed by atoms with Crippen LogP contribution >= 0.6 is 0 Å². The van der Waals surface area contributed by atoms with E-state index in [1.54, 1.807) is 6.07 Å². The van der Waals surface area contributed by atoms with E-state index in [4.69, 9.17) is 0 Å². The average molecular weight is 368 g/mol. The molecule has 0 aliphatic heterocycles. The minimum Gasteiger partial charge on any atom is -0.351 e. The van der Waals surface area contributed by atoms with Crippen LogP contribution in [0.3, 0.4) is 0 Å². The third kappa shape index (κ3) is 4.49. The van der Waals surface area contributed by atoms with E-state index in [9.17, 15) is 14.0 Å². The SMILES string of the molecule is Cc1ccc2nc(C(C)NC(=O)CCNC(=O)c3ccccc3F)[nH]c2c1. The first-order valence-corrected chi connectivity index (χ1v) is 8.72. The zero-order valence-electron chi connectivity index (χ0n) is 15.2. The maximum absolute atomic E-state index is 13.5. The van der Waals surface area contributed by atoms with Crippen molar-refractivity contribution in [3.05, 3.63) is 65.2 Å². The number of nitrogens with one attached hydrogen (secondary N) is 3. The van der Waals surface area contributed by atoms with Crippen LogP contribution in [0.1, 0.15) is 41.1 Å². The Kier molecular flexibility index (Phi) is 5.49. The van der Waals surface area contributed by atoms with Gasteiger partial charge in [-0.2, -0.15) is 0 Å². The van der Waals surface area contributed by atoms with Gasteiger partial charge in [0.1, 0.15) is 11.6 Å². The standard InChI is InChI=1S/C20H21FN4O2/c1-12-7-8-16-17(11-12)25-19(24-16)13(2)23-18(26)9-10-22-20(27)14-5-3-4-6-15(14)21/h3-8,11,13H,9-10H2,1-2H3,(H,22,27)(H,23,26)(H,24,25). The molecule has 0 fully saturated rings. The number of imidazole rings is 1. The minimum absolute atomic E-state index is 0.0381. The van der Waals surface area contributed by atoms with E-state index in [1.165, 1.54) is 18.2 Å². The number of halogens is 1. The largest absolute Gasteiger partial charge is 0.351 e. The number of hydrogen-bond acceptors (Lipinski definition) is 3. The average Bonchev–Trinajstić information content (AvgIpc) is 3.05. The Hall–Kier alpha value is -3.22. The van der Waals surface area contributed by atoms with Gasteiger partial charge in [0.15, 0.2) is 0 Å². The number of aromatic nitrogens is 2. The quantitative estimate of drug-likeness (QED) is 0.625. The number of fused-ring (bicyclic) bond motifs is 1. The molecule has 1 heterocycles. The molecule has 0 aliphatic carbocycles. The molecule has 2 amide bonds. The van der Waals surface area contributed by atoms with Crippen molar-refractivity contribution >= 4 is 22.8 Å². The van der Waals surface area contributed by atoms with Crippen molar-refractivity contribution in [2.75, 3.05) is 6.54 Å². The Morgan fingerprint density at radius 1 is 1.22 bits per heavy atom. The summed E-state index contributed by atoms with van der Waals surface area (Å²) >= 11 is 0. The Balaban J connectivity index is 1.51. The number of aromatic amines is 1. The second-order valence-corrected chi connectivity index (χ2v) is 6.42. The molecule has 0 spiro atoms. The summed E-state index contributed by atoms with van der Waals surface area (Å²) in [6, 6.07) is 11.3. The van der Waals surface area contributed by atoms with Gasteiger partial charge in [-0.1, -0.05) is 18.2 Å². The zero-order chi connectivity index (χ0) is 19.4. The highest BCUT2D eigenvalue weighted by Gasteiger charge is 2.15. The number of aryl methyl sites for hydroxylation is 1. The normalized spacial score (nSPS) is 12.0. The molecule has 1 atom stereocenters. The summed E-state index contributed by atoms with van der Waals surface area (Å²) in [7, 11) is 0. The highest BCUT2D eigenvalue weighted by Crippen LogP contribution is 2.17. The third-order valence-corrected chi connectivity index (χ3v) is 4.20. The predicted octanol–water partition coefficient (Wildman–Crippen LogP) is 3.01. The molecule has 6 nitrogen and oxygen atoms in total. The van der Waals surface area contributed by atoms with Gasteiger partial charge in [-0.25, -0.2) is 9.37 Å². The van der Waals surface area contributed by atoms with Crippen molar-refractivity contribution in [1.29, 1.82) is 0 Å². The fourth-order valence-corrected chi connectivity index (χ4v) is 2.76. The number of carbonyl (C=O) groups excluding carboxylic acids is 2. The lowest BCUT2D eigenvalue weighted by atomic mass is 10.2. The van der Waals surface area contributed by atoms with Crippen molar-refractivity contribution in [3.8, 4) is 0 Å². The van der Waals surface area contributed by atoms with Crippen LogP contribution in [-0.2, 0) is 4.79 Å². The lowest BCUT2D eigenvalue weighted by Crippen LogP contribution is -2.32. The van der Waals surface area contributed by atoms with Crippen LogP contribution in [-0.4, -0.2) is 28.3 Å². The molecule has 0 saturated heterocycles. The van der Waals surface area contributed by atoms with Crippen LogP contribution in [0, 0.1) is 12.7 Å². The Labute approximate surface area is 156 Å². The number of nitrogens with zero attached hydrogens (tertiary/aromatic N) is 1. The fraction of sp³-hybridized carbons (Fsp3) is 0.250. The van der Waals surface area contributed by atoms with Gasteiger partial charge in [-0.3, -0.25) is 9.59 Å². The Bertz CT molecular complexity index is 983. The summed E-state index contributed by atoms with van der Waals surface area (Å²) in [4.78, 5) is 31.7. The summed E-state index contributed by atoms with van der Waals surface area (Å²) in [5.41, 5.74) is 2.85. The smallest absolute Gasteiger partial charge is 0.254 e. The lowest BCUT2D eigenvalue weighted by molar-refractivity contribution is -0.121. The van der Waals surface area contributed by atoms with Crippen molar-refractivity contribution in [3.63, 3.8) is 0 Å². The molecular formula is C20H21FN4O2. The molecule has 27 heavy (non-hydrogen) atoms. The second kappa shape index (κ2) is 7.99. The molecule has 0 radical (unpaired) electrons. The molecule has 0 saturated carbocycles. The molecule has 3 aromatic rings. The monoisotopic (exact) mass is 368 g/mol. The minimum atomic E-state index is -0.590. The van der Waals surface area contributed by atoms with Crippen LogP contribution < -0.4 is 10.6 Å². The van der Waals surface area contributed by atoms with Crippen LogP contribution in [0.2, 0.25) is 0 Å². The van der Waals surface area contributed by atoms with Crippen LogP contribution in [0.5, 0.6) is 0 Å². The van der Waals surface area contributed by atoms with E-state index in [1.807, 2.05) is 32.0 Å². The third-order valence-electron chi connectivity index (χ3n) is 4.20. The molecule has 1 aromatic heterocycles. The molecule has 0 bridgehead atoms. The first-order valence-electron chi connectivity index (χ1n) is 8.72. The number of H-pyrrole nitrogens is 1. The predicted molar refractivity (Wildman–Crippen MR) is 101 cm³/mol. The summed E-state index contributed by atoms with van der Waals surface area (Å²) in [5.74, 6) is -0.692. The van der Waals surface area contributed by atoms with Gasteiger partial charge >= 0.3 is 0 Å². The maximum Gasteiger partial charge on any atom is 0.254 e. The van der Waals surface area contributed by atoms with E-state index in [-0.39, 0.29) is 30.5 Å². The number of hydrogen-bond donors (Lipinski definition) is 3. The van der Waals surface area contributed by atoms with E-state index in [0.29, 0.717) is 5.82 Å². The van der Waals surface area contributed by atoms with Crippen LogP contribution in [0.4, 0.5) is 4.39 Å². The van der Waals surface area contributed by atoms with Crippen molar-refractivity contribution in [2.45, 2.75) is 26.3 Å². The highest BCUT2D eigenvalue weighted by atomic mass is 19.1. The summed E-state index contributed by atoms with van der Waals surface area (Å²) in [6.07, 6.45) is 0.0872. The molecular weight excluding hydrogens is 347 g/mol. The van der Waals surface area contributed by atoms with E-state index in [0.717, 1.165) is 16.6 Å². The first kappa shape index (κ1) is 18.6.